The highest BCUT2D eigenvalue weighted by atomic mass is 32.1. The zero-order valence-corrected chi connectivity index (χ0v) is 12.9. The summed E-state index contributed by atoms with van der Waals surface area (Å²) in [5.74, 6) is 0.475. The van der Waals surface area contributed by atoms with Crippen LogP contribution in [0, 0.1) is 0 Å². The largest absolute Gasteiger partial charge is 0.341 e. The Morgan fingerprint density at radius 3 is 2.39 bits per heavy atom. The van der Waals surface area contributed by atoms with Crippen LogP contribution in [-0.2, 0) is 0 Å². The summed E-state index contributed by atoms with van der Waals surface area (Å²) < 4.78 is 0. The fourth-order valence-electron chi connectivity index (χ4n) is 2.31. The Morgan fingerprint density at radius 1 is 1.17 bits per heavy atom. The Bertz CT molecular complexity index is 388. The second-order valence-electron chi connectivity index (χ2n) is 5.71. The zero-order valence-electron chi connectivity index (χ0n) is 12.1. The van der Waals surface area contributed by atoms with Gasteiger partial charge >= 0.3 is 0 Å². The molecule has 4 nitrogen and oxygen atoms in total. The highest BCUT2D eigenvalue weighted by Gasteiger charge is 2.27. The van der Waals surface area contributed by atoms with E-state index in [0.717, 1.165) is 29.8 Å². The van der Waals surface area contributed by atoms with Crippen LogP contribution < -0.4 is 4.90 Å². The molecule has 0 aromatic carbocycles. The topological polar surface area (TPSA) is 32.3 Å². The molecule has 2 heterocycles. The van der Waals surface area contributed by atoms with Gasteiger partial charge in [-0.2, -0.15) is 0 Å². The van der Waals surface area contributed by atoms with Crippen LogP contribution >= 0.6 is 11.3 Å². The molecule has 1 aliphatic rings. The minimum atomic E-state index is 0.475. The molecule has 0 spiro atoms. The minimum absolute atomic E-state index is 0.475. The number of hydrogen-bond acceptors (Lipinski definition) is 5. The van der Waals surface area contributed by atoms with Crippen molar-refractivity contribution in [3.05, 3.63) is 5.01 Å². The van der Waals surface area contributed by atoms with Crippen molar-refractivity contribution >= 4 is 16.5 Å². The van der Waals surface area contributed by atoms with Crippen LogP contribution in [0.3, 0.4) is 0 Å². The molecule has 0 amide bonds. The van der Waals surface area contributed by atoms with Gasteiger partial charge in [0.25, 0.3) is 0 Å². The smallest absolute Gasteiger partial charge is 0.208 e. The number of rotatable bonds is 3. The summed E-state index contributed by atoms with van der Waals surface area (Å²) >= 11 is 1.75. The predicted molar refractivity (Wildman–Crippen MR) is 77.5 cm³/mol. The Balaban J connectivity index is 2.05. The summed E-state index contributed by atoms with van der Waals surface area (Å²) in [6, 6.07) is 1.16. The van der Waals surface area contributed by atoms with Crippen molar-refractivity contribution in [2.75, 3.05) is 24.5 Å². The summed E-state index contributed by atoms with van der Waals surface area (Å²) in [5, 5.41) is 10.9. The molecule has 1 aliphatic heterocycles. The molecule has 0 aliphatic carbocycles. The van der Waals surface area contributed by atoms with Gasteiger partial charge in [-0.15, -0.1) is 10.2 Å². The van der Waals surface area contributed by atoms with Gasteiger partial charge in [-0.3, -0.25) is 4.90 Å². The molecule has 0 radical (unpaired) electrons. The molecule has 102 valence electrons. The molecule has 18 heavy (non-hydrogen) atoms. The highest BCUT2D eigenvalue weighted by Crippen LogP contribution is 2.28. The molecule has 1 saturated heterocycles. The number of piperazine rings is 1. The van der Waals surface area contributed by atoms with E-state index in [9.17, 15) is 0 Å². The average Bonchev–Trinajstić information content (AvgIpc) is 2.78. The van der Waals surface area contributed by atoms with Crippen molar-refractivity contribution in [1.82, 2.24) is 15.1 Å². The summed E-state index contributed by atoms with van der Waals surface area (Å²) in [6.45, 7) is 14.5. The van der Waals surface area contributed by atoms with Gasteiger partial charge in [-0.25, -0.2) is 0 Å². The molecule has 1 aromatic heterocycles. The third kappa shape index (κ3) is 2.83. The molecule has 2 rings (SSSR count). The molecule has 0 N–H and O–H groups in total. The lowest BCUT2D eigenvalue weighted by Crippen LogP contribution is -2.53. The van der Waals surface area contributed by atoms with Crippen LogP contribution in [0.15, 0.2) is 0 Å². The maximum Gasteiger partial charge on any atom is 0.208 e. The van der Waals surface area contributed by atoms with E-state index in [-0.39, 0.29) is 0 Å². The van der Waals surface area contributed by atoms with E-state index < -0.39 is 0 Å². The van der Waals surface area contributed by atoms with E-state index in [1.54, 1.807) is 11.3 Å². The Kier molecular flexibility index (Phi) is 4.22. The Morgan fingerprint density at radius 2 is 1.89 bits per heavy atom. The number of aromatic nitrogens is 2. The molecular formula is C13H24N4S. The van der Waals surface area contributed by atoms with E-state index in [4.69, 9.17) is 0 Å². The summed E-state index contributed by atoms with van der Waals surface area (Å²) in [7, 11) is 0. The van der Waals surface area contributed by atoms with Crippen LogP contribution in [0.5, 0.6) is 0 Å². The van der Waals surface area contributed by atoms with E-state index >= 15 is 0 Å². The molecule has 1 atom stereocenters. The third-order valence-electron chi connectivity index (χ3n) is 3.56. The van der Waals surface area contributed by atoms with Crippen molar-refractivity contribution < 1.29 is 0 Å². The van der Waals surface area contributed by atoms with Gasteiger partial charge in [0.15, 0.2) is 0 Å². The van der Waals surface area contributed by atoms with Gasteiger partial charge in [0.1, 0.15) is 5.01 Å². The molecule has 5 heteroatoms. The molecule has 1 aromatic rings. The molecule has 1 fully saturated rings. The van der Waals surface area contributed by atoms with Gasteiger partial charge in [0.2, 0.25) is 5.13 Å². The van der Waals surface area contributed by atoms with Crippen LogP contribution in [0.2, 0.25) is 0 Å². The molecule has 0 bridgehead atoms. The first-order valence-corrected chi connectivity index (χ1v) is 7.64. The lowest BCUT2D eigenvalue weighted by molar-refractivity contribution is 0.185. The first-order chi connectivity index (χ1) is 8.49. The van der Waals surface area contributed by atoms with Crippen molar-refractivity contribution in [1.29, 1.82) is 0 Å². The van der Waals surface area contributed by atoms with Crippen molar-refractivity contribution in [3.63, 3.8) is 0 Å². The summed E-state index contributed by atoms with van der Waals surface area (Å²) in [6.07, 6.45) is 0. The van der Waals surface area contributed by atoms with E-state index in [1.165, 1.54) is 0 Å². The first kappa shape index (κ1) is 13.7. The van der Waals surface area contributed by atoms with E-state index in [2.05, 4.69) is 54.6 Å². The van der Waals surface area contributed by atoms with E-state index in [0.29, 0.717) is 18.0 Å². The highest BCUT2D eigenvalue weighted by molar-refractivity contribution is 7.15. The zero-order chi connectivity index (χ0) is 13.3. The molecule has 0 saturated carbocycles. The maximum atomic E-state index is 4.36. The van der Waals surface area contributed by atoms with Gasteiger partial charge in [0.05, 0.1) is 0 Å². The van der Waals surface area contributed by atoms with Gasteiger partial charge in [-0.05, 0) is 20.8 Å². The number of nitrogens with zero attached hydrogens (tertiary/aromatic N) is 4. The second kappa shape index (κ2) is 5.53. The third-order valence-corrected chi connectivity index (χ3v) is 4.82. The number of anilines is 1. The van der Waals surface area contributed by atoms with Crippen molar-refractivity contribution in [2.45, 2.75) is 52.6 Å². The molecule has 1 unspecified atom stereocenters. The predicted octanol–water partition coefficient (Wildman–Crippen LogP) is 2.58. The minimum Gasteiger partial charge on any atom is -0.341 e. The van der Waals surface area contributed by atoms with Crippen LogP contribution in [-0.4, -0.2) is 46.8 Å². The normalized spacial score (nSPS) is 22.2. The first-order valence-electron chi connectivity index (χ1n) is 6.83. The van der Waals surface area contributed by atoms with Crippen molar-refractivity contribution in [3.8, 4) is 0 Å². The van der Waals surface area contributed by atoms with Crippen LogP contribution in [0.25, 0.3) is 0 Å². The fraction of sp³-hybridized carbons (Fsp3) is 0.846. The quantitative estimate of drug-likeness (QED) is 0.843. The lowest BCUT2D eigenvalue weighted by atomic mass is 10.1. The maximum absolute atomic E-state index is 4.36. The van der Waals surface area contributed by atoms with Crippen LogP contribution in [0.1, 0.15) is 45.5 Å². The fourth-order valence-corrected chi connectivity index (χ4v) is 3.29. The Labute approximate surface area is 114 Å². The standard InChI is InChI=1S/C13H24N4S/c1-9(2)12-14-15-13(18-12)17-7-6-16(10(3)4)8-11(17)5/h9-11H,6-8H2,1-5H3. The van der Waals surface area contributed by atoms with Gasteiger partial charge in [-0.1, -0.05) is 25.2 Å². The monoisotopic (exact) mass is 268 g/mol. The van der Waals surface area contributed by atoms with Crippen LogP contribution in [0.4, 0.5) is 5.13 Å². The lowest BCUT2D eigenvalue weighted by Gasteiger charge is -2.41. The number of hydrogen-bond donors (Lipinski definition) is 0. The van der Waals surface area contributed by atoms with Gasteiger partial charge < -0.3 is 4.90 Å². The molecular weight excluding hydrogens is 244 g/mol. The summed E-state index contributed by atoms with van der Waals surface area (Å²) in [4.78, 5) is 4.94. The van der Waals surface area contributed by atoms with E-state index in [1.807, 2.05) is 0 Å². The summed E-state index contributed by atoms with van der Waals surface area (Å²) in [5.41, 5.74) is 0. The van der Waals surface area contributed by atoms with Crippen molar-refractivity contribution in [2.24, 2.45) is 0 Å². The Hall–Kier alpha value is -0.680. The average molecular weight is 268 g/mol. The SMILES string of the molecule is CC(C)c1nnc(N2CCN(C(C)C)CC2C)s1. The van der Waals surface area contributed by atoms with Gasteiger partial charge in [0, 0.05) is 37.6 Å². The second-order valence-corrected chi connectivity index (χ2v) is 6.70.